The summed E-state index contributed by atoms with van der Waals surface area (Å²) >= 11 is 0. The van der Waals surface area contributed by atoms with Crippen LogP contribution >= 0.6 is 0 Å². The summed E-state index contributed by atoms with van der Waals surface area (Å²) < 4.78 is 32.9. The maximum atomic E-state index is 12.8. The number of carbonyl (C=O) groups excluding carboxylic acids is 1. The molecule has 35 heavy (non-hydrogen) atoms. The largest absolute Gasteiger partial charge is 1.00 e. The number of aliphatic hydroxyl groups is 2. The monoisotopic (exact) mass is 525 g/mol. The van der Waals surface area contributed by atoms with E-state index >= 15 is 0 Å². The fraction of sp³-hybridized carbons (Fsp3) is 0.840. The molecule has 0 aromatic heterocycles. The Hall–Kier alpha value is -0.130. The SMILES string of the molecule is CCC/C=C/CCCCCCCCCCCC(=O)C1=NCC[N+]1(CCO)CC(O)CS(=O)(=O)[O-].[Na+]. The van der Waals surface area contributed by atoms with Crippen molar-refractivity contribution >= 4 is 21.7 Å². The number of Topliss-reactive ketones (excluding diaryl/α,β-unsaturated/α-hetero) is 1. The summed E-state index contributed by atoms with van der Waals surface area (Å²) in [5.41, 5.74) is 0. The molecule has 0 bridgehead atoms. The quantitative estimate of drug-likeness (QED) is 0.0731. The third-order valence-electron chi connectivity index (χ3n) is 6.37. The van der Waals surface area contributed by atoms with Crippen molar-refractivity contribution in [2.45, 2.75) is 96.5 Å². The molecule has 0 aromatic carbocycles. The van der Waals surface area contributed by atoms with Gasteiger partial charge in [-0.1, -0.05) is 70.4 Å². The van der Waals surface area contributed by atoms with E-state index < -0.39 is 22.0 Å². The number of carbonyl (C=O) groups is 1. The first-order chi connectivity index (χ1) is 16.2. The fourth-order valence-electron chi connectivity index (χ4n) is 4.63. The number of amidine groups is 1. The van der Waals surface area contributed by atoms with Gasteiger partial charge < -0.3 is 14.8 Å². The first-order valence-corrected chi connectivity index (χ1v) is 14.6. The predicted octanol–water partition coefficient (Wildman–Crippen LogP) is 0.334. The standard InChI is InChI=1S/C25H46N2O6S.Na/c1-2-3-4-5-6-7-8-9-10-11-12-13-14-15-16-24(30)25-26-17-18-27(25,19-20-28)21-23(29)22-34(31,32)33;/h4-5,23,28-29H,2-3,6-22H2,1H3;/q;+1/b5-4+;. The van der Waals surface area contributed by atoms with Crippen molar-refractivity contribution in [3.8, 4) is 0 Å². The van der Waals surface area contributed by atoms with Gasteiger partial charge in [0.1, 0.15) is 25.7 Å². The van der Waals surface area contributed by atoms with Crippen molar-refractivity contribution in [2.75, 3.05) is 38.5 Å². The van der Waals surface area contributed by atoms with Crippen molar-refractivity contribution in [1.82, 2.24) is 0 Å². The number of aliphatic imine (C=N–C) groups is 1. The first kappa shape index (κ1) is 34.9. The van der Waals surface area contributed by atoms with Crippen molar-refractivity contribution in [2.24, 2.45) is 4.99 Å². The molecule has 10 heteroatoms. The van der Waals surface area contributed by atoms with Gasteiger partial charge in [0.05, 0.1) is 29.0 Å². The Labute approximate surface area is 234 Å². The van der Waals surface area contributed by atoms with E-state index in [1.54, 1.807) is 0 Å². The summed E-state index contributed by atoms with van der Waals surface area (Å²) in [5, 5.41) is 19.6. The minimum Gasteiger partial charge on any atom is -0.748 e. The van der Waals surface area contributed by atoms with Crippen LogP contribution in [0.4, 0.5) is 0 Å². The van der Waals surface area contributed by atoms with Gasteiger partial charge in [0.25, 0.3) is 5.84 Å². The topological polar surface area (TPSA) is 127 Å². The second kappa shape index (κ2) is 19.9. The van der Waals surface area contributed by atoms with Crippen LogP contribution in [0.15, 0.2) is 17.1 Å². The number of hydrogen-bond donors (Lipinski definition) is 2. The molecule has 2 unspecified atom stereocenters. The summed E-state index contributed by atoms with van der Waals surface area (Å²) in [7, 11) is -4.58. The molecule has 1 heterocycles. The van der Waals surface area contributed by atoms with Gasteiger partial charge in [-0.3, -0.25) is 9.28 Å². The number of aliphatic hydroxyl groups excluding tert-OH is 2. The van der Waals surface area contributed by atoms with E-state index in [-0.39, 0.29) is 59.5 Å². The van der Waals surface area contributed by atoms with E-state index in [2.05, 4.69) is 24.1 Å². The maximum absolute atomic E-state index is 12.8. The van der Waals surface area contributed by atoms with E-state index in [1.165, 1.54) is 57.8 Å². The van der Waals surface area contributed by atoms with Gasteiger partial charge in [0.15, 0.2) is 0 Å². The summed E-state index contributed by atoms with van der Waals surface area (Å²) in [6.45, 7) is 2.81. The third kappa shape index (κ3) is 15.7. The second-order valence-corrected chi connectivity index (χ2v) is 10.9. The Morgan fingerprint density at radius 2 is 1.63 bits per heavy atom. The van der Waals surface area contributed by atoms with Gasteiger partial charge >= 0.3 is 29.6 Å². The van der Waals surface area contributed by atoms with Crippen molar-refractivity contribution in [3.05, 3.63) is 12.2 Å². The number of rotatable bonds is 21. The van der Waals surface area contributed by atoms with E-state index in [4.69, 9.17) is 0 Å². The minimum absolute atomic E-state index is 0. The zero-order chi connectivity index (χ0) is 25.3. The number of unbranched alkanes of at least 4 members (excludes halogenated alkanes) is 10. The molecule has 2 atom stereocenters. The molecule has 2 N–H and O–H groups in total. The van der Waals surface area contributed by atoms with Crippen LogP contribution in [-0.2, 0) is 14.9 Å². The summed E-state index contributed by atoms with van der Waals surface area (Å²) in [6, 6.07) is 0. The van der Waals surface area contributed by atoms with Crippen LogP contribution in [0.3, 0.4) is 0 Å². The minimum atomic E-state index is -4.58. The number of quaternary nitrogens is 1. The van der Waals surface area contributed by atoms with Crippen LogP contribution in [0.25, 0.3) is 0 Å². The van der Waals surface area contributed by atoms with Crippen LogP contribution in [0, 0.1) is 0 Å². The van der Waals surface area contributed by atoms with Crippen LogP contribution in [0.1, 0.15) is 90.4 Å². The van der Waals surface area contributed by atoms with Crippen LogP contribution < -0.4 is 29.6 Å². The molecular weight excluding hydrogens is 479 g/mol. The predicted molar refractivity (Wildman–Crippen MR) is 135 cm³/mol. The Kier molecular flexibility index (Phi) is 19.8. The molecule has 0 fully saturated rings. The summed E-state index contributed by atoms with van der Waals surface area (Å²) in [4.78, 5) is 17.2. The molecular formula is C25H46N2NaO6S+. The molecule has 0 aliphatic carbocycles. The van der Waals surface area contributed by atoms with Gasteiger partial charge in [-0.25, -0.2) is 13.4 Å². The van der Waals surface area contributed by atoms with Crippen LogP contribution in [0.2, 0.25) is 0 Å². The molecule has 0 amide bonds. The maximum Gasteiger partial charge on any atom is 1.00 e. The molecule has 1 rings (SSSR count). The molecule has 0 aromatic rings. The number of nitrogens with zero attached hydrogens (tertiary/aromatic N) is 2. The van der Waals surface area contributed by atoms with Crippen LogP contribution in [0.5, 0.6) is 0 Å². The first-order valence-electron chi connectivity index (χ1n) is 13.1. The normalized spacial score (nSPS) is 19.0. The molecule has 0 spiro atoms. The van der Waals surface area contributed by atoms with Crippen molar-refractivity contribution < 1.29 is 62.0 Å². The van der Waals surface area contributed by atoms with Gasteiger partial charge in [-0.15, -0.1) is 0 Å². The zero-order valence-electron chi connectivity index (χ0n) is 22.0. The molecule has 1 aliphatic heterocycles. The molecule has 8 nitrogen and oxygen atoms in total. The average Bonchev–Trinajstić information content (AvgIpc) is 3.15. The Morgan fingerprint density at radius 1 is 1.06 bits per heavy atom. The van der Waals surface area contributed by atoms with Crippen molar-refractivity contribution in [1.29, 1.82) is 0 Å². The third-order valence-corrected chi connectivity index (χ3v) is 7.16. The Bertz CT molecular complexity index is 744. The van der Waals surface area contributed by atoms with E-state index in [0.717, 1.165) is 19.3 Å². The number of ketones is 1. The molecule has 1 aliphatic rings. The van der Waals surface area contributed by atoms with Crippen LogP contribution in [-0.4, -0.2) is 83.9 Å². The molecule has 198 valence electrons. The Morgan fingerprint density at radius 3 is 2.20 bits per heavy atom. The second-order valence-electron chi connectivity index (χ2n) is 9.49. The molecule has 0 radical (unpaired) electrons. The number of allylic oxidation sites excluding steroid dienone is 2. The Balaban J connectivity index is 0.0000116. The summed E-state index contributed by atoms with van der Waals surface area (Å²) in [6.07, 6.45) is 17.4. The van der Waals surface area contributed by atoms with Gasteiger partial charge in [-0.05, 0) is 25.7 Å². The van der Waals surface area contributed by atoms with E-state index in [1.807, 2.05) is 0 Å². The van der Waals surface area contributed by atoms with Gasteiger partial charge in [0, 0.05) is 6.42 Å². The smallest absolute Gasteiger partial charge is 0.748 e. The summed E-state index contributed by atoms with van der Waals surface area (Å²) in [5.74, 6) is -0.729. The molecule has 0 saturated carbocycles. The zero-order valence-corrected chi connectivity index (χ0v) is 24.8. The molecule has 0 saturated heterocycles. The van der Waals surface area contributed by atoms with Gasteiger partial charge in [-0.2, -0.15) is 0 Å². The van der Waals surface area contributed by atoms with Gasteiger partial charge in [0.2, 0.25) is 5.78 Å². The van der Waals surface area contributed by atoms with Crippen molar-refractivity contribution in [3.63, 3.8) is 0 Å². The number of hydrogen-bond acceptors (Lipinski definition) is 7. The van der Waals surface area contributed by atoms with E-state index in [9.17, 15) is 28.0 Å². The fourth-order valence-corrected chi connectivity index (χ4v) is 5.20. The van der Waals surface area contributed by atoms with E-state index in [0.29, 0.717) is 25.3 Å². The average molecular weight is 526 g/mol.